The molecule has 1 aromatic rings. The molecule has 4 atom stereocenters. The summed E-state index contributed by atoms with van der Waals surface area (Å²) >= 11 is 0. The number of benzene rings is 1. The van der Waals surface area contributed by atoms with Gasteiger partial charge >= 0.3 is 0 Å². The van der Waals surface area contributed by atoms with Crippen LogP contribution >= 0.6 is 0 Å². The van der Waals surface area contributed by atoms with E-state index in [-0.39, 0.29) is 6.54 Å². The highest BCUT2D eigenvalue weighted by Crippen LogP contribution is 2.36. The summed E-state index contributed by atoms with van der Waals surface area (Å²) in [4.78, 5) is 1.85. The van der Waals surface area contributed by atoms with Crippen LogP contribution in [0.5, 0.6) is 5.75 Å². The van der Waals surface area contributed by atoms with Crippen LogP contribution < -0.4 is 15.4 Å². The van der Waals surface area contributed by atoms with Crippen molar-refractivity contribution in [2.24, 2.45) is 0 Å². The molecule has 0 saturated heterocycles. The van der Waals surface area contributed by atoms with E-state index in [4.69, 9.17) is 15.6 Å². The Kier molecular flexibility index (Phi) is 5.66. The standard InChI is InChI=1S/C15H24N2O6/c1-23-13-5-10-8(4-9(13)16)2-3-17(10)6-11(19)14(21)15(22)12(20)7-18/h4-5,11-12,14-15,18-22H,2-3,6-7,16H2,1H3. The topological polar surface area (TPSA) is 140 Å². The van der Waals surface area contributed by atoms with E-state index in [1.54, 1.807) is 6.07 Å². The van der Waals surface area contributed by atoms with Crippen LogP contribution in [0.1, 0.15) is 5.56 Å². The number of anilines is 2. The third kappa shape index (κ3) is 3.67. The molecule has 0 radical (unpaired) electrons. The maximum Gasteiger partial charge on any atom is 0.143 e. The minimum absolute atomic E-state index is 0.0659. The molecule has 0 aliphatic carbocycles. The number of nitrogen functional groups attached to an aromatic ring is 1. The third-order valence-electron chi connectivity index (χ3n) is 4.16. The fourth-order valence-corrected chi connectivity index (χ4v) is 2.77. The van der Waals surface area contributed by atoms with Crippen molar-refractivity contribution in [2.45, 2.75) is 30.8 Å². The summed E-state index contributed by atoms with van der Waals surface area (Å²) in [6.45, 7) is -0.00517. The van der Waals surface area contributed by atoms with Gasteiger partial charge in [0, 0.05) is 24.8 Å². The number of ether oxygens (including phenoxy) is 1. The summed E-state index contributed by atoms with van der Waals surface area (Å²) in [7, 11) is 1.52. The van der Waals surface area contributed by atoms with Crippen molar-refractivity contribution in [1.29, 1.82) is 0 Å². The number of fused-ring (bicyclic) bond motifs is 1. The second-order valence-corrected chi connectivity index (χ2v) is 5.72. The summed E-state index contributed by atoms with van der Waals surface area (Å²) < 4.78 is 5.19. The number of nitrogens with zero attached hydrogens (tertiary/aromatic N) is 1. The Bertz CT molecular complexity index is 541. The van der Waals surface area contributed by atoms with Crippen LogP contribution in [0.2, 0.25) is 0 Å². The average molecular weight is 328 g/mol. The van der Waals surface area contributed by atoms with Crippen molar-refractivity contribution in [3.63, 3.8) is 0 Å². The first-order chi connectivity index (χ1) is 10.9. The van der Waals surface area contributed by atoms with Gasteiger partial charge < -0.3 is 40.9 Å². The maximum absolute atomic E-state index is 10.1. The van der Waals surface area contributed by atoms with E-state index in [2.05, 4.69) is 0 Å². The van der Waals surface area contributed by atoms with Crippen LogP contribution in [-0.2, 0) is 6.42 Å². The number of hydrogen-bond acceptors (Lipinski definition) is 8. The van der Waals surface area contributed by atoms with Gasteiger partial charge in [-0.25, -0.2) is 0 Å². The number of nitrogens with two attached hydrogens (primary N) is 1. The van der Waals surface area contributed by atoms with Crippen molar-refractivity contribution in [3.8, 4) is 5.75 Å². The van der Waals surface area contributed by atoms with E-state index in [0.29, 0.717) is 18.0 Å². The fraction of sp³-hybridized carbons (Fsp3) is 0.600. The zero-order valence-electron chi connectivity index (χ0n) is 13.0. The first-order valence-electron chi connectivity index (χ1n) is 7.43. The highest BCUT2D eigenvalue weighted by atomic mass is 16.5. The molecule has 0 bridgehead atoms. The van der Waals surface area contributed by atoms with E-state index in [0.717, 1.165) is 17.7 Å². The Balaban J connectivity index is 2.08. The lowest BCUT2D eigenvalue weighted by Crippen LogP contribution is -2.49. The first-order valence-corrected chi connectivity index (χ1v) is 7.43. The van der Waals surface area contributed by atoms with Gasteiger partial charge in [0.1, 0.15) is 24.1 Å². The predicted molar refractivity (Wildman–Crippen MR) is 84.4 cm³/mol. The van der Waals surface area contributed by atoms with Crippen LogP contribution in [0.15, 0.2) is 12.1 Å². The summed E-state index contributed by atoms with van der Waals surface area (Å²) in [6.07, 6.45) is -5.25. The Morgan fingerprint density at radius 2 is 1.83 bits per heavy atom. The molecule has 8 heteroatoms. The van der Waals surface area contributed by atoms with E-state index < -0.39 is 31.0 Å². The first kappa shape index (κ1) is 17.8. The maximum atomic E-state index is 10.1. The van der Waals surface area contributed by atoms with Crippen molar-refractivity contribution < 1.29 is 30.3 Å². The Hall–Kier alpha value is -1.58. The molecule has 0 aromatic heterocycles. The molecule has 7 N–H and O–H groups in total. The van der Waals surface area contributed by atoms with Crippen LogP contribution in [0.3, 0.4) is 0 Å². The van der Waals surface area contributed by atoms with E-state index in [1.807, 2.05) is 11.0 Å². The number of β-amino-alcohol motifs (C(OH)–C–C–N with tert-alkyl or cyclic N) is 1. The number of aliphatic hydroxyl groups excluding tert-OH is 5. The number of aliphatic hydroxyl groups is 5. The van der Waals surface area contributed by atoms with E-state index in [1.165, 1.54) is 7.11 Å². The molecule has 1 aliphatic rings. The largest absolute Gasteiger partial charge is 0.495 e. The number of hydrogen-bond donors (Lipinski definition) is 6. The van der Waals surface area contributed by atoms with Crippen LogP contribution in [-0.4, -0.2) is 76.8 Å². The average Bonchev–Trinajstić information content (AvgIpc) is 2.93. The highest BCUT2D eigenvalue weighted by molar-refractivity contribution is 5.69. The Morgan fingerprint density at radius 1 is 1.17 bits per heavy atom. The summed E-state index contributed by atoms with van der Waals surface area (Å²) in [5, 5.41) is 47.8. The second kappa shape index (κ2) is 7.33. The zero-order valence-corrected chi connectivity index (χ0v) is 13.0. The van der Waals surface area contributed by atoms with Gasteiger partial charge in [0.15, 0.2) is 0 Å². The Morgan fingerprint density at radius 3 is 2.43 bits per heavy atom. The molecular formula is C15H24N2O6. The van der Waals surface area contributed by atoms with Crippen molar-refractivity contribution in [1.82, 2.24) is 0 Å². The molecule has 0 fully saturated rings. The van der Waals surface area contributed by atoms with Gasteiger partial charge in [-0.15, -0.1) is 0 Å². The fourth-order valence-electron chi connectivity index (χ4n) is 2.77. The van der Waals surface area contributed by atoms with E-state index in [9.17, 15) is 20.4 Å². The summed E-state index contributed by atoms with van der Waals surface area (Å²) in [6, 6.07) is 3.59. The minimum Gasteiger partial charge on any atom is -0.495 e. The van der Waals surface area contributed by atoms with Crippen LogP contribution in [0.25, 0.3) is 0 Å². The van der Waals surface area contributed by atoms with Crippen molar-refractivity contribution >= 4 is 11.4 Å². The van der Waals surface area contributed by atoms with Gasteiger partial charge in [0.05, 0.1) is 25.5 Å². The van der Waals surface area contributed by atoms with Crippen molar-refractivity contribution in [3.05, 3.63) is 17.7 Å². The van der Waals surface area contributed by atoms with Crippen LogP contribution in [0, 0.1) is 0 Å². The van der Waals surface area contributed by atoms with Gasteiger partial charge in [-0.1, -0.05) is 0 Å². The normalized spacial score (nSPS) is 19.1. The smallest absolute Gasteiger partial charge is 0.143 e. The lowest BCUT2D eigenvalue weighted by molar-refractivity contribution is -0.112. The number of rotatable bonds is 7. The van der Waals surface area contributed by atoms with Crippen LogP contribution in [0.4, 0.5) is 11.4 Å². The molecule has 0 saturated carbocycles. The molecule has 4 unspecified atom stereocenters. The SMILES string of the molecule is COc1cc2c(cc1N)CCN2CC(O)C(O)C(O)C(O)CO. The minimum atomic E-state index is -1.63. The van der Waals surface area contributed by atoms with Gasteiger partial charge in [-0.3, -0.25) is 0 Å². The molecule has 0 amide bonds. The monoisotopic (exact) mass is 328 g/mol. The number of methoxy groups -OCH3 is 1. The van der Waals surface area contributed by atoms with E-state index >= 15 is 0 Å². The molecule has 1 aliphatic heterocycles. The lowest BCUT2D eigenvalue weighted by Gasteiger charge is -2.29. The van der Waals surface area contributed by atoms with Gasteiger partial charge in [-0.2, -0.15) is 0 Å². The van der Waals surface area contributed by atoms with Gasteiger partial charge in [0.25, 0.3) is 0 Å². The molecular weight excluding hydrogens is 304 g/mol. The Labute approximate surface area is 134 Å². The molecule has 2 rings (SSSR count). The molecule has 1 heterocycles. The highest BCUT2D eigenvalue weighted by Gasteiger charge is 2.32. The molecule has 1 aromatic carbocycles. The van der Waals surface area contributed by atoms with Gasteiger partial charge in [0.2, 0.25) is 0 Å². The van der Waals surface area contributed by atoms with Gasteiger partial charge in [-0.05, 0) is 18.1 Å². The lowest BCUT2D eigenvalue weighted by atomic mass is 10.0. The molecule has 130 valence electrons. The third-order valence-corrected chi connectivity index (χ3v) is 4.16. The second-order valence-electron chi connectivity index (χ2n) is 5.72. The predicted octanol–water partition coefficient (Wildman–Crippen LogP) is -1.92. The summed E-state index contributed by atoms with van der Waals surface area (Å²) in [5.74, 6) is 0.529. The summed E-state index contributed by atoms with van der Waals surface area (Å²) in [5.41, 5.74) is 8.27. The molecule has 8 nitrogen and oxygen atoms in total. The quantitative estimate of drug-likeness (QED) is 0.318. The zero-order chi connectivity index (χ0) is 17.1. The van der Waals surface area contributed by atoms with Crippen molar-refractivity contribution in [2.75, 3.05) is 37.4 Å². The molecule has 23 heavy (non-hydrogen) atoms. The molecule has 0 spiro atoms.